The Hall–Kier alpha value is -4.25. The molecule has 14 heteroatoms. The van der Waals surface area contributed by atoms with Gasteiger partial charge in [0.15, 0.2) is 0 Å². The molecule has 3 aromatic heterocycles. The molecular weight excluding hydrogens is 644 g/mol. The van der Waals surface area contributed by atoms with Crippen LogP contribution in [0.1, 0.15) is 22.6 Å². The van der Waals surface area contributed by atoms with Crippen molar-refractivity contribution in [3.05, 3.63) is 79.8 Å². The maximum Gasteiger partial charge on any atom is 0.418 e. The van der Waals surface area contributed by atoms with Crippen molar-refractivity contribution < 1.29 is 22.3 Å². The third-order valence-corrected chi connectivity index (χ3v) is 9.22. The largest absolute Gasteiger partial charge is 0.491 e. The average Bonchev–Trinajstić information content (AvgIpc) is 3.50. The molecule has 0 bridgehead atoms. The molecule has 6 rings (SSSR count). The van der Waals surface area contributed by atoms with Gasteiger partial charge in [0, 0.05) is 42.3 Å². The number of rotatable bonds is 7. The zero-order valence-corrected chi connectivity index (χ0v) is 26.4. The smallest absolute Gasteiger partial charge is 0.418 e. The minimum Gasteiger partial charge on any atom is -0.491 e. The van der Waals surface area contributed by atoms with E-state index in [0.717, 1.165) is 10.8 Å². The Balaban J connectivity index is 1.38. The van der Waals surface area contributed by atoms with E-state index in [4.69, 9.17) is 16.3 Å². The van der Waals surface area contributed by atoms with Gasteiger partial charge in [-0.1, -0.05) is 11.6 Å². The number of aryl methyl sites for hydroxylation is 1. The molecule has 0 unspecified atom stereocenters. The molecule has 0 N–H and O–H groups in total. The van der Waals surface area contributed by atoms with Crippen molar-refractivity contribution in [2.24, 2.45) is 0 Å². The van der Waals surface area contributed by atoms with Crippen LogP contribution >= 0.6 is 22.9 Å². The second-order valence-corrected chi connectivity index (χ2v) is 12.3. The molecule has 0 atom stereocenters. The quantitative estimate of drug-likeness (QED) is 0.176. The topological polar surface area (TPSA) is 87.3 Å². The second-order valence-electron chi connectivity index (χ2n) is 11.0. The van der Waals surface area contributed by atoms with Gasteiger partial charge in [-0.25, -0.2) is 14.4 Å². The highest BCUT2D eigenvalue weighted by atomic mass is 35.5. The molecule has 0 spiro atoms. The molecule has 8 nitrogen and oxygen atoms in total. The molecule has 4 heterocycles. The first-order valence-electron chi connectivity index (χ1n) is 14.3. The summed E-state index contributed by atoms with van der Waals surface area (Å²) in [5.41, 5.74) is -0.247. The number of piperazine rings is 1. The highest BCUT2D eigenvalue weighted by Gasteiger charge is 2.38. The van der Waals surface area contributed by atoms with Gasteiger partial charge >= 0.3 is 6.18 Å². The molecule has 1 fully saturated rings. The molecule has 2 aromatic carbocycles. The summed E-state index contributed by atoms with van der Waals surface area (Å²) < 4.78 is 64.9. The molecule has 1 aliphatic rings. The van der Waals surface area contributed by atoms with Gasteiger partial charge in [-0.3, -0.25) is 9.36 Å². The van der Waals surface area contributed by atoms with E-state index >= 15 is 0 Å². The number of benzene rings is 2. The molecule has 0 saturated carbocycles. The van der Waals surface area contributed by atoms with Crippen LogP contribution < -0.4 is 15.2 Å². The number of nitriles is 1. The fraction of sp³-hybridized carbons (Fsp3) is 0.312. The second kappa shape index (κ2) is 12.5. The first-order valence-corrected chi connectivity index (χ1v) is 15.6. The normalized spacial score (nSPS) is 14.3. The van der Waals surface area contributed by atoms with Crippen LogP contribution in [0.15, 0.2) is 46.6 Å². The number of aromatic nitrogens is 3. The monoisotopic (exact) mass is 670 g/mol. The van der Waals surface area contributed by atoms with E-state index in [-0.39, 0.29) is 59.9 Å². The number of halogens is 5. The maximum absolute atomic E-state index is 14.3. The lowest BCUT2D eigenvalue weighted by Crippen LogP contribution is -2.45. The standard InChI is InChI=1S/C32H27ClF4N6O2S/c1-18-39-26-15-24(32(35,36)37)29(42-8-6-41(2)7-9-42)23(17-38)28(26)31(44)43(18)10-11-45-27-4-3-19(33)13-21(27)22-14-20(16-34)40-25-5-12-46-30(22)25/h3-5,12-15H,6-11,16H2,1-2H3. The van der Waals surface area contributed by atoms with Crippen LogP contribution in [0.3, 0.4) is 0 Å². The van der Waals surface area contributed by atoms with Gasteiger partial charge in [0.2, 0.25) is 0 Å². The first-order chi connectivity index (χ1) is 22.0. The summed E-state index contributed by atoms with van der Waals surface area (Å²) in [6, 6.07) is 11.2. The zero-order valence-electron chi connectivity index (χ0n) is 24.8. The number of fused-ring (bicyclic) bond motifs is 2. The number of anilines is 1. The summed E-state index contributed by atoms with van der Waals surface area (Å²) in [5.74, 6) is 0.600. The van der Waals surface area contributed by atoms with Crippen LogP contribution in [0, 0.1) is 18.3 Å². The number of thiophene rings is 1. The van der Waals surface area contributed by atoms with E-state index in [2.05, 4.69) is 9.97 Å². The average molecular weight is 671 g/mol. The van der Waals surface area contributed by atoms with Crippen molar-refractivity contribution in [2.75, 3.05) is 44.7 Å². The van der Waals surface area contributed by atoms with Crippen molar-refractivity contribution in [3.8, 4) is 22.9 Å². The lowest BCUT2D eigenvalue weighted by molar-refractivity contribution is -0.137. The number of pyridine rings is 1. The summed E-state index contributed by atoms with van der Waals surface area (Å²) in [6.45, 7) is 2.29. The molecule has 1 aliphatic heterocycles. The highest BCUT2D eigenvalue weighted by molar-refractivity contribution is 7.17. The molecule has 0 aliphatic carbocycles. The number of hydrogen-bond acceptors (Lipinski definition) is 8. The molecular formula is C32H27ClF4N6O2S. The van der Waals surface area contributed by atoms with E-state index in [1.165, 1.54) is 27.7 Å². The van der Waals surface area contributed by atoms with E-state index in [1.54, 1.807) is 30.3 Å². The van der Waals surface area contributed by atoms with E-state index in [9.17, 15) is 27.6 Å². The number of ether oxygens (including phenoxy) is 1. The van der Waals surface area contributed by atoms with Crippen LogP contribution in [0.4, 0.5) is 23.2 Å². The molecule has 238 valence electrons. The Morgan fingerprint density at radius 1 is 1.07 bits per heavy atom. The minimum atomic E-state index is -4.76. The lowest BCUT2D eigenvalue weighted by atomic mass is 10.00. The fourth-order valence-electron chi connectivity index (χ4n) is 5.79. The Morgan fingerprint density at radius 2 is 1.83 bits per heavy atom. The van der Waals surface area contributed by atoms with Crippen molar-refractivity contribution in [3.63, 3.8) is 0 Å². The number of hydrogen-bond donors (Lipinski definition) is 0. The van der Waals surface area contributed by atoms with Crippen molar-refractivity contribution in [1.29, 1.82) is 5.26 Å². The van der Waals surface area contributed by atoms with Gasteiger partial charge in [0.25, 0.3) is 5.56 Å². The van der Waals surface area contributed by atoms with Gasteiger partial charge in [0.05, 0.1) is 50.2 Å². The zero-order chi connectivity index (χ0) is 32.7. The van der Waals surface area contributed by atoms with Crippen LogP contribution in [-0.4, -0.2) is 59.3 Å². The first kappa shape index (κ1) is 31.7. The Morgan fingerprint density at radius 3 is 2.52 bits per heavy atom. The Labute approximate surface area is 270 Å². The number of nitrogens with zero attached hydrogens (tertiary/aromatic N) is 6. The van der Waals surface area contributed by atoms with Crippen LogP contribution in [0.25, 0.3) is 32.2 Å². The predicted molar refractivity (Wildman–Crippen MR) is 171 cm³/mol. The third kappa shape index (κ3) is 5.88. The number of likely N-dealkylation sites (N-methyl/N-ethyl adjacent to an activating group) is 1. The predicted octanol–water partition coefficient (Wildman–Crippen LogP) is 6.83. The number of alkyl halides is 4. The van der Waals surface area contributed by atoms with Gasteiger partial charge < -0.3 is 14.5 Å². The molecule has 0 radical (unpaired) electrons. The van der Waals surface area contributed by atoms with E-state index < -0.39 is 24.0 Å². The summed E-state index contributed by atoms with van der Waals surface area (Å²) in [7, 11) is 1.87. The van der Waals surface area contributed by atoms with Crippen LogP contribution in [-0.2, 0) is 19.4 Å². The summed E-state index contributed by atoms with van der Waals surface area (Å²) in [6.07, 6.45) is -4.76. The molecule has 0 amide bonds. The summed E-state index contributed by atoms with van der Waals surface area (Å²) >= 11 is 7.78. The molecule has 1 saturated heterocycles. The lowest BCUT2D eigenvalue weighted by Gasteiger charge is -2.36. The van der Waals surface area contributed by atoms with Crippen molar-refractivity contribution in [2.45, 2.75) is 26.3 Å². The van der Waals surface area contributed by atoms with Crippen molar-refractivity contribution in [1.82, 2.24) is 19.4 Å². The Bertz CT molecular complexity index is 2070. The SMILES string of the molecule is Cc1nc2cc(C(F)(F)F)c(N3CCN(C)CC3)c(C#N)c2c(=O)n1CCOc1ccc(Cl)cc1-c1cc(CF)nc2ccsc12. The fourth-order valence-corrected chi connectivity index (χ4v) is 6.83. The van der Waals surface area contributed by atoms with Crippen LogP contribution in [0.5, 0.6) is 5.75 Å². The van der Waals surface area contributed by atoms with Gasteiger partial charge in [-0.2, -0.15) is 18.4 Å². The van der Waals surface area contributed by atoms with E-state index in [1.807, 2.05) is 23.4 Å². The van der Waals surface area contributed by atoms with Gasteiger partial charge in [-0.15, -0.1) is 11.3 Å². The third-order valence-electron chi connectivity index (χ3n) is 8.05. The summed E-state index contributed by atoms with van der Waals surface area (Å²) in [4.78, 5) is 26.1. The van der Waals surface area contributed by atoms with Crippen LogP contribution in [0.2, 0.25) is 5.02 Å². The summed E-state index contributed by atoms with van der Waals surface area (Å²) in [5, 5.41) is 12.3. The Kier molecular flexibility index (Phi) is 8.62. The minimum absolute atomic E-state index is 0.00804. The van der Waals surface area contributed by atoms with Gasteiger partial charge in [-0.05, 0) is 55.7 Å². The highest BCUT2D eigenvalue weighted by Crippen LogP contribution is 2.42. The van der Waals surface area contributed by atoms with Gasteiger partial charge in [0.1, 0.15) is 30.9 Å². The molecule has 5 aromatic rings. The molecule has 46 heavy (non-hydrogen) atoms. The van der Waals surface area contributed by atoms with Crippen molar-refractivity contribution >= 4 is 49.7 Å². The van der Waals surface area contributed by atoms with E-state index in [0.29, 0.717) is 40.5 Å². The maximum atomic E-state index is 14.3.